The summed E-state index contributed by atoms with van der Waals surface area (Å²) in [5.41, 5.74) is 6.04. The number of nitrogen functional groups attached to an aromatic ring is 1. The van der Waals surface area contributed by atoms with Crippen LogP contribution in [0.25, 0.3) is 0 Å². The van der Waals surface area contributed by atoms with Crippen LogP contribution in [-0.2, 0) is 0 Å². The standard InChI is InChI=1S/C10H9N5O/c11-3-5-15(6-4-12)10(16)9-2-1-8(13)7-14-9/h1-2,7H,5-6,13H2. The highest BCUT2D eigenvalue weighted by atomic mass is 16.2. The van der Waals surface area contributed by atoms with Crippen molar-refractivity contribution in [3.63, 3.8) is 0 Å². The molecule has 0 aliphatic rings. The zero-order valence-corrected chi connectivity index (χ0v) is 8.42. The first-order valence-corrected chi connectivity index (χ1v) is 4.43. The van der Waals surface area contributed by atoms with Gasteiger partial charge in [0.2, 0.25) is 0 Å². The average Bonchev–Trinajstić information content (AvgIpc) is 2.29. The summed E-state index contributed by atoms with van der Waals surface area (Å²) in [7, 11) is 0. The van der Waals surface area contributed by atoms with Crippen LogP contribution in [0.1, 0.15) is 10.5 Å². The molecule has 0 atom stereocenters. The van der Waals surface area contributed by atoms with Crippen molar-refractivity contribution in [1.29, 1.82) is 10.5 Å². The molecule has 0 aromatic carbocycles. The molecule has 1 aromatic rings. The fourth-order valence-corrected chi connectivity index (χ4v) is 1.06. The molecule has 0 spiro atoms. The van der Waals surface area contributed by atoms with Crippen molar-refractivity contribution in [1.82, 2.24) is 9.88 Å². The first-order chi connectivity index (χ1) is 7.69. The minimum absolute atomic E-state index is 0.140. The Kier molecular flexibility index (Phi) is 3.82. The average molecular weight is 215 g/mol. The smallest absolute Gasteiger partial charge is 0.274 e. The van der Waals surface area contributed by atoms with Crippen molar-refractivity contribution >= 4 is 11.6 Å². The Balaban J connectivity index is 2.87. The van der Waals surface area contributed by atoms with Crippen LogP contribution in [0, 0.1) is 22.7 Å². The number of pyridine rings is 1. The fraction of sp³-hybridized carbons (Fsp3) is 0.200. The van der Waals surface area contributed by atoms with Gasteiger partial charge in [-0.05, 0) is 12.1 Å². The highest BCUT2D eigenvalue weighted by Crippen LogP contribution is 2.04. The minimum Gasteiger partial charge on any atom is -0.397 e. The third-order valence-corrected chi connectivity index (χ3v) is 1.82. The van der Waals surface area contributed by atoms with E-state index in [4.69, 9.17) is 16.3 Å². The molecule has 0 unspecified atom stereocenters. The zero-order valence-electron chi connectivity index (χ0n) is 8.42. The van der Waals surface area contributed by atoms with Gasteiger partial charge in [-0.2, -0.15) is 10.5 Å². The van der Waals surface area contributed by atoms with Crippen LogP contribution in [-0.4, -0.2) is 28.9 Å². The van der Waals surface area contributed by atoms with Gasteiger partial charge in [-0.3, -0.25) is 4.79 Å². The normalized spacial score (nSPS) is 8.88. The van der Waals surface area contributed by atoms with Crippen molar-refractivity contribution in [2.24, 2.45) is 0 Å². The van der Waals surface area contributed by atoms with Crippen molar-refractivity contribution < 1.29 is 4.79 Å². The largest absolute Gasteiger partial charge is 0.397 e. The molecule has 1 heterocycles. The van der Waals surface area contributed by atoms with Crippen LogP contribution in [0.5, 0.6) is 0 Å². The van der Waals surface area contributed by atoms with E-state index < -0.39 is 5.91 Å². The van der Waals surface area contributed by atoms with E-state index >= 15 is 0 Å². The second-order valence-corrected chi connectivity index (χ2v) is 2.95. The van der Waals surface area contributed by atoms with Gasteiger partial charge in [0.25, 0.3) is 5.91 Å². The molecule has 0 aliphatic heterocycles. The number of hydrogen-bond donors (Lipinski definition) is 1. The number of rotatable bonds is 3. The lowest BCUT2D eigenvalue weighted by Gasteiger charge is -2.14. The van der Waals surface area contributed by atoms with Gasteiger partial charge in [0.15, 0.2) is 0 Å². The number of carbonyl (C=O) groups excluding carboxylic acids is 1. The second-order valence-electron chi connectivity index (χ2n) is 2.95. The Hall–Kier alpha value is -2.60. The van der Waals surface area contributed by atoms with E-state index in [1.165, 1.54) is 18.3 Å². The minimum atomic E-state index is -0.455. The molecular formula is C10H9N5O. The molecule has 1 amide bonds. The van der Waals surface area contributed by atoms with Gasteiger partial charge in [-0.25, -0.2) is 4.98 Å². The molecule has 0 aliphatic carbocycles. The Bertz CT molecular complexity index is 438. The molecule has 0 saturated carbocycles. The number of hydrogen-bond acceptors (Lipinski definition) is 5. The van der Waals surface area contributed by atoms with Gasteiger partial charge in [0, 0.05) is 0 Å². The van der Waals surface area contributed by atoms with Gasteiger partial charge in [-0.15, -0.1) is 0 Å². The molecule has 2 N–H and O–H groups in total. The lowest BCUT2D eigenvalue weighted by Crippen LogP contribution is -2.32. The summed E-state index contributed by atoms with van der Waals surface area (Å²) in [4.78, 5) is 16.7. The molecule has 80 valence electrons. The summed E-state index contributed by atoms with van der Waals surface area (Å²) in [6, 6.07) is 6.63. The summed E-state index contributed by atoms with van der Waals surface area (Å²) in [5.74, 6) is -0.455. The number of nitrogens with two attached hydrogens (primary N) is 1. The first kappa shape index (κ1) is 11.5. The van der Waals surface area contributed by atoms with Crippen LogP contribution < -0.4 is 5.73 Å². The lowest BCUT2D eigenvalue weighted by molar-refractivity contribution is 0.0789. The van der Waals surface area contributed by atoms with Gasteiger partial charge in [0.1, 0.15) is 18.8 Å². The molecule has 6 heteroatoms. The molecule has 16 heavy (non-hydrogen) atoms. The molecule has 0 saturated heterocycles. The lowest BCUT2D eigenvalue weighted by atomic mass is 10.3. The van der Waals surface area contributed by atoms with Gasteiger partial charge >= 0.3 is 0 Å². The Labute approximate surface area is 92.5 Å². The Morgan fingerprint density at radius 2 is 2.00 bits per heavy atom. The maximum Gasteiger partial charge on any atom is 0.274 e. The number of aromatic nitrogens is 1. The van der Waals surface area contributed by atoms with Gasteiger partial charge < -0.3 is 10.6 Å². The molecular weight excluding hydrogens is 206 g/mol. The quantitative estimate of drug-likeness (QED) is 0.722. The van der Waals surface area contributed by atoms with E-state index in [1.807, 2.05) is 12.1 Å². The van der Waals surface area contributed by atoms with Gasteiger partial charge in [0.05, 0.1) is 24.0 Å². The van der Waals surface area contributed by atoms with E-state index in [0.717, 1.165) is 4.90 Å². The van der Waals surface area contributed by atoms with E-state index in [-0.39, 0.29) is 18.8 Å². The van der Waals surface area contributed by atoms with E-state index in [9.17, 15) is 4.79 Å². The van der Waals surface area contributed by atoms with E-state index in [2.05, 4.69) is 4.98 Å². The number of anilines is 1. The number of nitrogens with zero attached hydrogens (tertiary/aromatic N) is 4. The fourth-order valence-electron chi connectivity index (χ4n) is 1.06. The predicted molar refractivity (Wildman–Crippen MR) is 55.8 cm³/mol. The summed E-state index contributed by atoms with van der Waals surface area (Å²) in [6.45, 7) is -0.281. The highest BCUT2D eigenvalue weighted by Gasteiger charge is 2.15. The summed E-state index contributed by atoms with van der Waals surface area (Å²) < 4.78 is 0. The van der Waals surface area contributed by atoms with E-state index in [0.29, 0.717) is 5.69 Å². The predicted octanol–water partition coefficient (Wildman–Crippen LogP) is 0.153. The van der Waals surface area contributed by atoms with Crippen LogP contribution in [0.15, 0.2) is 18.3 Å². The van der Waals surface area contributed by atoms with E-state index in [1.54, 1.807) is 0 Å². The zero-order chi connectivity index (χ0) is 12.0. The number of amides is 1. The maximum atomic E-state index is 11.8. The molecule has 1 aromatic heterocycles. The molecule has 0 bridgehead atoms. The Morgan fingerprint density at radius 1 is 1.38 bits per heavy atom. The summed E-state index contributed by atoms with van der Waals surface area (Å²) in [6.07, 6.45) is 1.35. The third-order valence-electron chi connectivity index (χ3n) is 1.82. The Morgan fingerprint density at radius 3 is 2.44 bits per heavy atom. The summed E-state index contributed by atoms with van der Waals surface area (Å²) in [5, 5.41) is 17.0. The monoisotopic (exact) mass is 215 g/mol. The SMILES string of the molecule is N#CCN(CC#N)C(=O)c1ccc(N)cn1. The van der Waals surface area contributed by atoms with Crippen LogP contribution in [0.4, 0.5) is 5.69 Å². The maximum absolute atomic E-state index is 11.8. The van der Waals surface area contributed by atoms with Crippen LogP contribution in [0.2, 0.25) is 0 Å². The highest BCUT2D eigenvalue weighted by molar-refractivity contribution is 5.92. The van der Waals surface area contributed by atoms with Crippen molar-refractivity contribution in [3.05, 3.63) is 24.0 Å². The van der Waals surface area contributed by atoms with Crippen molar-refractivity contribution in [2.45, 2.75) is 0 Å². The van der Waals surface area contributed by atoms with Crippen molar-refractivity contribution in [3.8, 4) is 12.1 Å². The van der Waals surface area contributed by atoms with Crippen LogP contribution >= 0.6 is 0 Å². The summed E-state index contributed by atoms with van der Waals surface area (Å²) >= 11 is 0. The topological polar surface area (TPSA) is 107 Å². The van der Waals surface area contributed by atoms with Gasteiger partial charge in [-0.1, -0.05) is 0 Å². The van der Waals surface area contributed by atoms with Crippen LogP contribution in [0.3, 0.4) is 0 Å². The molecule has 1 rings (SSSR count). The molecule has 0 fully saturated rings. The molecule has 0 radical (unpaired) electrons. The number of nitriles is 2. The van der Waals surface area contributed by atoms with Crippen molar-refractivity contribution in [2.75, 3.05) is 18.8 Å². The molecule has 6 nitrogen and oxygen atoms in total. The second kappa shape index (κ2) is 5.32. The first-order valence-electron chi connectivity index (χ1n) is 4.43. The number of carbonyl (C=O) groups is 1. The third kappa shape index (κ3) is 2.69.